The van der Waals surface area contributed by atoms with E-state index in [1.54, 1.807) is 23.7 Å². The van der Waals surface area contributed by atoms with E-state index in [1.165, 1.54) is 4.88 Å². The van der Waals surface area contributed by atoms with Crippen LogP contribution >= 0.6 is 11.3 Å². The lowest BCUT2D eigenvalue weighted by molar-refractivity contribution is 0.574. The highest BCUT2D eigenvalue weighted by atomic mass is 32.1. The van der Waals surface area contributed by atoms with E-state index in [4.69, 9.17) is 0 Å². The molecule has 18 heavy (non-hydrogen) atoms. The summed E-state index contributed by atoms with van der Waals surface area (Å²) in [5.74, 6) is 0. The molecule has 0 radical (unpaired) electrons. The van der Waals surface area contributed by atoms with Gasteiger partial charge in [-0.2, -0.15) is 5.10 Å². The third kappa shape index (κ3) is 1.95. The second kappa shape index (κ2) is 4.73. The molecule has 1 unspecified atom stereocenters. The molecular formula is C12H13N5S. The van der Waals surface area contributed by atoms with Gasteiger partial charge in [-0.05, 0) is 6.42 Å². The fourth-order valence-corrected chi connectivity index (χ4v) is 3.04. The van der Waals surface area contributed by atoms with Crippen molar-refractivity contribution < 1.29 is 0 Å². The van der Waals surface area contributed by atoms with Crippen LogP contribution in [0.5, 0.6) is 0 Å². The molecule has 0 spiro atoms. The third-order valence-corrected chi connectivity index (χ3v) is 4.02. The largest absolute Gasteiger partial charge is 0.329 e. The van der Waals surface area contributed by atoms with Crippen LogP contribution in [0.3, 0.4) is 0 Å². The van der Waals surface area contributed by atoms with Crippen LogP contribution < -0.4 is 0 Å². The van der Waals surface area contributed by atoms with E-state index < -0.39 is 0 Å². The molecule has 3 rings (SSSR count). The normalized spacial score (nSPS) is 12.7. The maximum absolute atomic E-state index is 4.46. The molecule has 0 aliphatic rings. The molecule has 92 valence electrons. The SMILES string of the molecule is CCC(c1cnc(-c2cn[nH]c2)s1)n1ccnc1. The van der Waals surface area contributed by atoms with Crippen LogP contribution in [0.25, 0.3) is 10.6 Å². The zero-order chi connectivity index (χ0) is 12.4. The summed E-state index contributed by atoms with van der Waals surface area (Å²) >= 11 is 1.70. The topological polar surface area (TPSA) is 59.4 Å². The number of rotatable bonds is 4. The number of nitrogens with zero attached hydrogens (tertiary/aromatic N) is 4. The molecule has 5 nitrogen and oxygen atoms in total. The Morgan fingerprint density at radius 2 is 2.39 bits per heavy atom. The van der Waals surface area contributed by atoms with Crippen LogP contribution in [0.1, 0.15) is 24.3 Å². The van der Waals surface area contributed by atoms with Gasteiger partial charge in [0, 0.05) is 35.2 Å². The first-order chi connectivity index (χ1) is 8.88. The molecular weight excluding hydrogens is 246 g/mol. The number of nitrogens with one attached hydrogen (secondary N) is 1. The molecule has 0 aliphatic carbocycles. The van der Waals surface area contributed by atoms with Crippen molar-refractivity contribution in [1.29, 1.82) is 0 Å². The summed E-state index contributed by atoms with van der Waals surface area (Å²) in [7, 11) is 0. The van der Waals surface area contributed by atoms with E-state index in [0.717, 1.165) is 17.0 Å². The lowest BCUT2D eigenvalue weighted by Gasteiger charge is -2.13. The Balaban J connectivity index is 1.93. The minimum Gasteiger partial charge on any atom is -0.329 e. The van der Waals surface area contributed by atoms with Crippen molar-refractivity contribution >= 4 is 11.3 Å². The van der Waals surface area contributed by atoms with Gasteiger partial charge in [0.05, 0.1) is 18.6 Å². The maximum Gasteiger partial charge on any atom is 0.126 e. The summed E-state index contributed by atoms with van der Waals surface area (Å²) in [6.07, 6.45) is 12.3. The quantitative estimate of drug-likeness (QED) is 0.783. The summed E-state index contributed by atoms with van der Waals surface area (Å²) in [5, 5.41) is 7.76. The average molecular weight is 259 g/mol. The van der Waals surface area contributed by atoms with E-state index in [9.17, 15) is 0 Å². The highest BCUT2D eigenvalue weighted by Gasteiger charge is 2.15. The zero-order valence-electron chi connectivity index (χ0n) is 9.95. The molecule has 0 aromatic carbocycles. The number of H-pyrrole nitrogens is 1. The molecule has 0 bridgehead atoms. The van der Waals surface area contributed by atoms with Gasteiger partial charge in [-0.1, -0.05) is 6.92 Å². The van der Waals surface area contributed by atoms with Gasteiger partial charge in [-0.3, -0.25) is 5.10 Å². The summed E-state index contributed by atoms with van der Waals surface area (Å²) < 4.78 is 2.12. The Bertz CT molecular complexity index is 596. The Morgan fingerprint density at radius 1 is 1.44 bits per heavy atom. The minimum absolute atomic E-state index is 0.311. The first-order valence-electron chi connectivity index (χ1n) is 5.80. The molecule has 3 aromatic heterocycles. The molecule has 0 saturated carbocycles. The van der Waals surface area contributed by atoms with Crippen molar-refractivity contribution in [3.8, 4) is 10.6 Å². The third-order valence-electron chi connectivity index (χ3n) is 2.87. The van der Waals surface area contributed by atoms with E-state index in [-0.39, 0.29) is 0 Å². The summed E-state index contributed by atoms with van der Waals surface area (Å²) in [6.45, 7) is 2.17. The molecule has 1 N–H and O–H groups in total. The Hall–Kier alpha value is -1.95. The number of imidazole rings is 1. The van der Waals surface area contributed by atoms with Crippen LogP contribution in [0.15, 0.2) is 37.3 Å². The molecule has 0 saturated heterocycles. The van der Waals surface area contributed by atoms with Crippen LogP contribution in [0, 0.1) is 0 Å². The zero-order valence-corrected chi connectivity index (χ0v) is 10.8. The van der Waals surface area contributed by atoms with Crippen LogP contribution in [0.4, 0.5) is 0 Å². The number of thiazole rings is 1. The number of hydrogen-bond acceptors (Lipinski definition) is 4. The predicted octanol–water partition coefficient (Wildman–Crippen LogP) is 2.73. The standard InChI is InChI=1S/C12H13N5S/c1-2-10(17-4-3-13-8-17)11-7-14-12(18-11)9-5-15-16-6-9/h3-8,10H,2H2,1H3,(H,15,16). The van der Waals surface area contributed by atoms with Crippen molar-refractivity contribution in [3.63, 3.8) is 0 Å². The molecule has 1 atom stereocenters. The average Bonchev–Trinajstić information content (AvgIpc) is 3.13. The van der Waals surface area contributed by atoms with E-state index in [0.29, 0.717) is 6.04 Å². The molecule has 6 heteroatoms. The van der Waals surface area contributed by atoms with Crippen molar-refractivity contribution in [2.24, 2.45) is 0 Å². The van der Waals surface area contributed by atoms with Gasteiger partial charge >= 0.3 is 0 Å². The van der Waals surface area contributed by atoms with Crippen LogP contribution in [-0.2, 0) is 0 Å². The molecule has 0 fully saturated rings. The predicted molar refractivity (Wildman–Crippen MR) is 70.4 cm³/mol. The van der Waals surface area contributed by atoms with Gasteiger partial charge in [-0.15, -0.1) is 11.3 Å². The van der Waals surface area contributed by atoms with Crippen LogP contribution in [0.2, 0.25) is 0 Å². The fourth-order valence-electron chi connectivity index (χ4n) is 1.95. The summed E-state index contributed by atoms with van der Waals surface area (Å²) in [4.78, 5) is 9.81. The van der Waals surface area contributed by atoms with Gasteiger partial charge in [0.1, 0.15) is 5.01 Å². The smallest absolute Gasteiger partial charge is 0.126 e. The Labute approximate surface area is 109 Å². The van der Waals surface area contributed by atoms with E-state index >= 15 is 0 Å². The van der Waals surface area contributed by atoms with Gasteiger partial charge in [0.2, 0.25) is 0 Å². The van der Waals surface area contributed by atoms with Crippen LogP contribution in [-0.4, -0.2) is 24.7 Å². The van der Waals surface area contributed by atoms with Gasteiger partial charge < -0.3 is 4.57 Å². The Kier molecular flexibility index (Phi) is 2.93. The highest BCUT2D eigenvalue weighted by molar-refractivity contribution is 7.15. The molecule has 3 heterocycles. The van der Waals surface area contributed by atoms with Gasteiger partial charge in [0.25, 0.3) is 0 Å². The van der Waals surface area contributed by atoms with Crippen molar-refractivity contribution in [2.75, 3.05) is 0 Å². The second-order valence-electron chi connectivity index (χ2n) is 3.99. The number of aromatic nitrogens is 5. The van der Waals surface area contributed by atoms with Crippen molar-refractivity contribution in [2.45, 2.75) is 19.4 Å². The number of aromatic amines is 1. The fraction of sp³-hybridized carbons (Fsp3) is 0.250. The summed E-state index contributed by atoms with van der Waals surface area (Å²) in [5.41, 5.74) is 1.03. The van der Waals surface area contributed by atoms with Crippen molar-refractivity contribution in [1.82, 2.24) is 24.7 Å². The van der Waals surface area contributed by atoms with Gasteiger partial charge in [-0.25, -0.2) is 9.97 Å². The summed E-state index contributed by atoms with van der Waals surface area (Å²) in [6, 6.07) is 0.311. The lowest BCUT2D eigenvalue weighted by Crippen LogP contribution is -2.05. The first-order valence-corrected chi connectivity index (χ1v) is 6.62. The number of hydrogen-bond donors (Lipinski definition) is 1. The van der Waals surface area contributed by atoms with E-state index in [1.807, 2.05) is 24.9 Å². The monoisotopic (exact) mass is 259 g/mol. The highest BCUT2D eigenvalue weighted by Crippen LogP contribution is 2.31. The molecule has 0 amide bonds. The maximum atomic E-state index is 4.46. The van der Waals surface area contributed by atoms with Crippen molar-refractivity contribution in [3.05, 3.63) is 42.2 Å². The first kappa shape index (κ1) is 11.2. The minimum atomic E-state index is 0.311. The Morgan fingerprint density at radius 3 is 3.06 bits per heavy atom. The van der Waals surface area contributed by atoms with Gasteiger partial charge in [0.15, 0.2) is 0 Å². The molecule has 0 aliphatic heterocycles. The second-order valence-corrected chi connectivity index (χ2v) is 5.05. The molecule has 3 aromatic rings. The van der Waals surface area contributed by atoms with E-state index in [2.05, 4.69) is 31.7 Å². The lowest BCUT2D eigenvalue weighted by atomic mass is 10.2.